The highest BCUT2D eigenvalue weighted by atomic mass is 16.2. The van der Waals surface area contributed by atoms with E-state index in [1.165, 1.54) is 6.33 Å². The SMILES string of the molecule is CNC(=O)c1ccc(CN(C)C(=O)CCc2c(C)nc3ncnn3c2C)cc1. The van der Waals surface area contributed by atoms with E-state index in [9.17, 15) is 9.59 Å². The fraction of sp³-hybridized carbons (Fsp3) is 0.350. The Kier molecular flexibility index (Phi) is 5.67. The molecule has 0 atom stereocenters. The predicted octanol–water partition coefficient (Wildman–Crippen LogP) is 1.69. The van der Waals surface area contributed by atoms with Crippen LogP contribution >= 0.6 is 0 Å². The van der Waals surface area contributed by atoms with Crippen molar-refractivity contribution in [2.75, 3.05) is 14.1 Å². The topological polar surface area (TPSA) is 92.5 Å². The minimum absolute atomic E-state index is 0.0489. The van der Waals surface area contributed by atoms with E-state index in [4.69, 9.17) is 0 Å². The van der Waals surface area contributed by atoms with Crippen molar-refractivity contribution in [2.45, 2.75) is 33.2 Å². The van der Waals surface area contributed by atoms with Crippen molar-refractivity contribution < 1.29 is 9.59 Å². The fourth-order valence-corrected chi connectivity index (χ4v) is 3.21. The number of fused-ring (bicyclic) bond motifs is 1. The van der Waals surface area contributed by atoms with Gasteiger partial charge in [-0.15, -0.1) is 0 Å². The third-order valence-electron chi connectivity index (χ3n) is 4.87. The second-order valence-electron chi connectivity index (χ2n) is 6.76. The Labute approximate surface area is 163 Å². The van der Waals surface area contributed by atoms with Gasteiger partial charge in [0.15, 0.2) is 0 Å². The molecule has 0 aliphatic carbocycles. The molecule has 0 fully saturated rings. The van der Waals surface area contributed by atoms with Gasteiger partial charge in [0.05, 0.1) is 0 Å². The lowest BCUT2D eigenvalue weighted by atomic mass is 10.1. The van der Waals surface area contributed by atoms with E-state index >= 15 is 0 Å². The zero-order chi connectivity index (χ0) is 20.3. The molecule has 0 spiro atoms. The van der Waals surface area contributed by atoms with Crippen LogP contribution in [0.3, 0.4) is 0 Å². The summed E-state index contributed by atoms with van der Waals surface area (Å²) in [7, 11) is 3.38. The molecule has 1 N–H and O–H groups in total. The number of nitrogens with one attached hydrogen (secondary N) is 1. The maximum Gasteiger partial charge on any atom is 0.252 e. The highest BCUT2D eigenvalue weighted by molar-refractivity contribution is 5.93. The summed E-state index contributed by atoms with van der Waals surface area (Å²) in [5.41, 5.74) is 4.43. The van der Waals surface area contributed by atoms with E-state index in [0.29, 0.717) is 30.7 Å². The number of rotatable bonds is 6. The monoisotopic (exact) mass is 380 g/mol. The minimum atomic E-state index is -0.125. The summed E-state index contributed by atoms with van der Waals surface area (Å²) in [4.78, 5) is 34.4. The summed E-state index contributed by atoms with van der Waals surface area (Å²) in [5.74, 6) is 0.495. The summed E-state index contributed by atoms with van der Waals surface area (Å²) in [5, 5.41) is 6.77. The van der Waals surface area contributed by atoms with E-state index in [-0.39, 0.29) is 11.8 Å². The normalized spacial score (nSPS) is 10.9. The zero-order valence-electron chi connectivity index (χ0n) is 16.6. The molecular formula is C20H24N6O2. The van der Waals surface area contributed by atoms with Crippen LogP contribution in [0.25, 0.3) is 5.78 Å². The van der Waals surface area contributed by atoms with Gasteiger partial charge in [-0.1, -0.05) is 12.1 Å². The van der Waals surface area contributed by atoms with Crippen LogP contribution < -0.4 is 5.32 Å². The molecule has 2 amide bonds. The molecule has 0 saturated carbocycles. The molecule has 3 aromatic rings. The van der Waals surface area contributed by atoms with Crippen molar-refractivity contribution in [3.05, 3.63) is 58.7 Å². The first-order chi connectivity index (χ1) is 13.4. The molecule has 0 radical (unpaired) electrons. The first-order valence-corrected chi connectivity index (χ1v) is 9.11. The van der Waals surface area contributed by atoms with Gasteiger partial charge < -0.3 is 10.2 Å². The lowest BCUT2D eigenvalue weighted by molar-refractivity contribution is -0.130. The van der Waals surface area contributed by atoms with Crippen LogP contribution in [0.4, 0.5) is 0 Å². The van der Waals surface area contributed by atoms with E-state index in [1.807, 2.05) is 26.0 Å². The molecule has 8 nitrogen and oxygen atoms in total. The van der Waals surface area contributed by atoms with Crippen LogP contribution in [-0.4, -0.2) is 50.4 Å². The van der Waals surface area contributed by atoms with Gasteiger partial charge in [0.2, 0.25) is 5.91 Å². The average molecular weight is 380 g/mol. The van der Waals surface area contributed by atoms with Crippen LogP contribution in [0.15, 0.2) is 30.6 Å². The van der Waals surface area contributed by atoms with Crippen molar-refractivity contribution in [2.24, 2.45) is 0 Å². The number of hydrogen-bond donors (Lipinski definition) is 1. The molecule has 8 heteroatoms. The first-order valence-electron chi connectivity index (χ1n) is 9.11. The second kappa shape index (κ2) is 8.16. The van der Waals surface area contributed by atoms with Gasteiger partial charge >= 0.3 is 0 Å². The molecule has 28 heavy (non-hydrogen) atoms. The summed E-state index contributed by atoms with van der Waals surface area (Å²) in [6.07, 6.45) is 2.46. The number of hydrogen-bond acceptors (Lipinski definition) is 5. The summed E-state index contributed by atoms with van der Waals surface area (Å²) >= 11 is 0. The molecule has 0 aliphatic rings. The molecule has 1 aromatic carbocycles. The Bertz CT molecular complexity index is 1010. The van der Waals surface area contributed by atoms with Crippen LogP contribution in [-0.2, 0) is 17.8 Å². The second-order valence-corrected chi connectivity index (χ2v) is 6.76. The minimum Gasteiger partial charge on any atom is -0.355 e. The zero-order valence-corrected chi connectivity index (χ0v) is 16.6. The number of benzene rings is 1. The molecule has 146 valence electrons. The molecule has 3 rings (SSSR count). The number of aromatic nitrogens is 4. The van der Waals surface area contributed by atoms with E-state index in [1.54, 1.807) is 35.6 Å². The van der Waals surface area contributed by atoms with E-state index < -0.39 is 0 Å². The molecule has 0 aliphatic heterocycles. The number of carbonyl (C=O) groups excluding carboxylic acids is 2. The Balaban J connectivity index is 1.62. The summed E-state index contributed by atoms with van der Waals surface area (Å²) in [6.45, 7) is 4.39. The quantitative estimate of drug-likeness (QED) is 0.703. The van der Waals surface area contributed by atoms with Crippen molar-refractivity contribution >= 4 is 17.6 Å². The lowest BCUT2D eigenvalue weighted by Crippen LogP contribution is -2.26. The van der Waals surface area contributed by atoms with Crippen LogP contribution in [0.1, 0.15) is 39.3 Å². The summed E-state index contributed by atoms with van der Waals surface area (Å²) in [6, 6.07) is 7.26. The van der Waals surface area contributed by atoms with Gasteiger partial charge in [0.1, 0.15) is 6.33 Å². The van der Waals surface area contributed by atoms with Crippen molar-refractivity contribution in [1.29, 1.82) is 0 Å². The van der Waals surface area contributed by atoms with Gasteiger partial charge in [-0.05, 0) is 43.5 Å². The maximum atomic E-state index is 12.6. The van der Waals surface area contributed by atoms with Crippen LogP contribution in [0.2, 0.25) is 0 Å². The number of nitrogens with zero attached hydrogens (tertiary/aromatic N) is 5. The Hall–Kier alpha value is -3.29. The molecule has 0 saturated heterocycles. The molecule has 0 unspecified atom stereocenters. The average Bonchev–Trinajstić information content (AvgIpc) is 3.16. The molecule has 0 bridgehead atoms. The Morgan fingerprint density at radius 3 is 2.57 bits per heavy atom. The van der Waals surface area contributed by atoms with E-state index in [2.05, 4.69) is 20.4 Å². The van der Waals surface area contributed by atoms with Crippen molar-refractivity contribution in [1.82, 2.24) is 29.8 Å². The largest absolute Gasteiger partial charge is 0.355 e. The maximum absolute atomic E-state index is 12.6. The number of carbonyl (C=O) groups is 2. The predicted molar refractivity (Wildman–Crippen MR) is 105 cm³/mol. The van der Waals surface area contributed by atoms with Gasteiger partial charge in [-0.3, -0.25) is 9.59 Å². The third kappa shape index (κ3) is 4.00. The first kappa shape index (κ1) is 19.5. The molecular weight excluding hydrogens is 356 g/mol. The van der Waals surface area contributed by atoms with Gasteiger partial charge in [-0.2, -0.15) is 10.1 Å². The molecule has 2 heterocycles. The lowest BCUT2D eigenvalue weighted by Gasteiger charge is -2.18. The van der Waals surface area contributed by atoms with Crippen molar-refractivity contribution in [3.63, 3.8) is 0 Å². The van der Waals surface area contributed by atoms with Gasteiger partial charge in [0, 0.05) is 44.0 Å². The smallest absolute Gasteiger partial charge is 0.252 e. The highest BCUT2D eigenvalue weighted by Crippen LogP contribution is 2.16. The van der Waals surface area contributed by atoms with Gasteiger partial charge in [0.25, 0.3) is 11.7 Å². The summed E-state index contributed by atoms with van der Waals surface area (Å²) < 4.78 is 1.70. The third-order valence-corrected chi connectivity index (χ3v) is 4.87. The fourth-order valence-electron chi connectivity index (χ4n) is 3.21. The van der Waals surface area contributed by atoms with Gasteiger partial charge in [-0.25, -0.2) is 9.50 Å². The van der Waals surface area contributed by atoms with Crippen molar-refractivity contribution in [3.8, 4) is 0 Å². The molecule has 2 aromatic heterocycles. The highest BCUT2D eigenvalue weighted by Gasteiger charge is 2.15. The Morgan fingerprint density at radius 2 is 1.89 bits per heavy atom. The van der Waals surface area contributed by atoms with E-state index in [0.717, 1.165) is 22.5 Å². The Morgan fingerprint density at radius 1 is 1.18 bits per heavy atom. The standard InChI is InChI=1S/C20H24N6O2/c1-13-17(14(2)26-20(24-13)22-12-23-26)9-10-18(27)25(4)11-15-5-7-16(8-6-15)19(28)21-3/h5-8,12H,9-11H2,1-4H3,(H,21,28). The van der Waals surface area contributed by atoms with Crippen LogP contribution in [0.5, 0.6) is 0 Å². The van der Waals surface area contributed by atoms with Crippen LogP contribution in [0, 0.1) is 13.8 Å². The number of amides is 2. The number of aryl methyl sites for hydroxylation is 2.